The smallest absolute Gasteiger partial charge is 0.354 e. The van der Waals surface area contributed by atoms with Gasteiger partial charge in [0, 0.05) is 18.5 Å². The van der Waals surface area contributed by atoms with Gasteiger partial charge in [0.1, 0.15) is 5.82 Å². The molecule has 2 N–H and O–H groups in total. The highest BCUT2D eigenvalue weighted by Crippen LogP contribution is 2.28. The van der Waals surface area contributed by atoms with Gasteiger partial charge in [0.15, 0.2) is 5.69 Å². The number of pyridine rings is 1. The molecule has 20 heavy (non-hydrogen) atoms. The Balaban J connectivity index is 2.14. The van der Waals surface area contributed by atoms with E-state index in [0.29, 0.717) is 12.4 Å². The third-order valence-electron chi connectivity index (χ3n) is 3.64. The Kier molecular flexibility index (Phi) is 3.28. The predicted octanol–water partition coefficient (Wildman–Crippen LogP) is 1.89. The lowest BCUT2D eigenvalue weighted by Gasteiger charge is -2.32. The van der Waals surface area contributed by atoms with Crippen LogP contribution in [0.15, 0.2) is 30.3 Å². The molecule has 1 aromatic heterocycles. The highest BCUT2D eigenvalue weighted by atomic mass is 16.4. The van der Waals surface area contributed by atoms with E-state index in [4.69, 9.17) is 0 Å². The minimum absolute atomic E-state index is 0.0405. The van der Waals surface area contributed by atoms with Crippen molar-refractivity contribution in [3.05, 3.63) is 36.0 Å². The third kappa shape index (κ3) is 2.32. The number of rotatable bonds is 2. The summed E-state index contributed by atoms with van der Waals surface area (Å²) in [5.74, 6) is -0.381. The maximum atomic E-state index is 11.2. The first-order valence-electron chi connectivity index (χ1n) is 6.71. The maximum absolute atomic E-state index is 11.2. The first-order chi connectivity index (χ1) is 9.65. The molecule has 1 atom stereocenters. The van der Waals surface area contributed by atoms with Gasteiger partial charge in [0.05, 0.1) is 6.10 Å². The zero-order valence-electron chi connectivity index (χ0n) is 11.0. The van der Waals surface area contributed by atoms with E-state index in [9.17, 15) is 15.0 Å². The van der Waals surface area contributed by atoms with Crippen LogP contribution >= 0.6 is 0 Å². The number of fused-ring (bicyclic) bond motifs is 1. The molecule has 3 rings (SSSR count). The molecular weight excluding hydrogens is 256 g/mol. The van der Waals surface area contributed by atoms with Crippen LogP contribution in [0.3, 0.4) is 0 Å². The molecule has 1 unspecified atom stereocenters. The fourth-order valence-corrected chi connectivity index (χ4v) is 2.68. The molecule has 1 aromatic carbocycles. The molecule has 1 saturated heterocycles. The second kappa shape index (κ2) is 5.09. The molecule has 104 valence electrons. The molecule has 5 nitrogen and oxygen atoms in total. The fraction of sp³-hybridized carbons (Fsp3) is 0.333. The van der Waals surface area contributed by atoms with Gasteiger partial charge >= 0.3 is 5.97 Å². The van der Waals surface area contributed by atoms with E-state index in [1.165, 1.54) is 0 Å². The van der Waals surface area contributed by atoms with Crippen molar-refractivity contribution in [3.8, 4) is 0 Å². The number of hydrogen-bond donors (Lipinski definition) is 2. The zero-order chi connectivity index (χ0) is 14.1. The lowest BCUT2D eigenvalue weighted by Crippen LogP contribution is -2.39. The highest BCUT2D eigenvalue weighted by molar-refractivity contribution is 5.98. The predicted molar refractivity (Wildman–Crippen MR) is 76.2 cm³/mol. The summed E-state index contributed by atoms with van der Waals surface area (Å²) in [6.07, 6.45) is 1.29. The Labute approximate surface area is 116 Å². The second-order valence-electron chi connectivity index (χ2n) is 5.10. The Hall–Kier alpha value is -2.14. The van der Waals surface area contributed by atoms with E-state index in [1.54, 1.807) is 6.07 Å². The number of aromatic carboxylic acids is 1. The number of benzene rings is 1. The van der Waals surface area contributed by atoms with Crippen LogP contribution in [0.2, 0.25) is 0 Å². The minimum Gasteiger partial charge on any atom is -0.477 e. The van der Waals surface area contributed by atoms with Gasteiger partial charge in [-0.1, -0.05) is 24.3 Å². The van der Waals surface area contributed by atoms with Crippen molar-refractivity contribution in [3.63, 3.8) is 0 Å². The van der Waals surface area contributed by atoms with Gasteiger partial charge in [0.25, 0.3) is 0 Å². The number of carboxylic acid groups (broad SMARTS) is 1. The molecule has 1 aliphatic rings. The van der Waals surface area contributed by atoms with Crippen LogP contribution in [0.5, 0.6) is 0 Å². The minimum atomic E-state index is -1.03. The van der Waals surface area contributed by atoms with Crippen molar-refractivity contribution in [1.29, 1.82) is 0 Å². The Bertz CT molecular complexity index is 657. The summed E-state index contributed by atoms with van der Waals surface area (Å²) >= 11 is 0. The number of β-amino-alcohol motifs (C(OH)–C–C–N with tert-alkyl or cyclic N) is 1. The molecule has 1 fully saturated rings. The largest absolute Gasteiger partial charge is 0.477 e. The number of carboxylic acids is 1. The summed E-state index contributed by atoms with van der Waals surface area (Å²) in [6, 6.07) is 9.19. The standard InChI is InChI=1S/C15H16N2O3/c18-11-5-3-7-17(9-11)14-12-6-2-1-4-10(12)8-13(16-14)15(19)20/h1-2,4,6,8,11,18H,3,5,7,9H2,(H,19,20). The van der Waals surface area contributed by atoms with Gasteiger partial charge < -0.3 is 15.1 Å². The summed E-state index contributed by atoms with van der Waals surface area (Å²) in [5.41, 5.74) is 0.0405. The fourth-order valence-electron chi connectivity index (χ4n) is 2.68. The van der Waals surface area contributed by atoms with Gasteiger partial charge in [-0.2, -0.15) is 0 Å². The molecule has 0 spiro atoms. The van der Waals surface area contributed by atoms with Crippen LogP contribution in [0.25, 0.3) is 10.8 Å². The molecule has 0 radical (unpaired) electrons. The molecule has 0 saturated carbocycles. The van der Waals surface area contributed by atoms with Gasteiger partial charge in [0.2, 0.25) is 0 Å². The van der Waals surface area contributed by atoms with Crippen molar-refractivity contribution >= 4 is 22.6 Å². The molecule has 1 aliphatic heterocycles. The summed E-state index contributed by atoms with van der Waals surface area (Å²) in [4.78, 5) is 17.5. The number of hydrogen-bond acceptors (Lipinski definition) is 4. The van der Waals surface area contributed by atoms with Crippen molar-refractivity contribution in [1.82, 2.24) is 4.98 Å². The summed E-state index contributed by atoms with van der Waals surface area (Å²) in [5, 5.41) is 20.8. The molecule has 0 bridgehead atoms. The SMILES string of the molecule is O=C(O)c1cc2ccccc2c(N2CCCC(O)C2)n1. The van der Waals surface area contributed by atoms with Gasteiger partial charge in [-0.15, -0.1) is 0 Å². The highest BCUT2D eigenvalue weighted by Gasteiger charge is 2.22. The van der Waals surface area contributed by atoms with Crippen LogP contribution in [-0.2, 0) is 0 Å². The number of nitrogens with zero attached hydrogens (tertiary/aromatic N) is 2. The van der Waals surface area contributed by atoms with E-state index in [-0.39, 0.29) is 11.8 Å². The molecule has 2 aromatic rings. The van der Waals surface area contributed by atoms with E-state index in [1.807, 2.05) is 29.2 Å². The van der Waals surface area contributed by atoms with Crippen LogP contribution in [-0.4, -0.2) is 40.4 Å². The number of aromatic nitrogens is 1. The lowest BCUT2D eigenvalue weighted by atomic mass is 10.1. The normalized spacial score (nSPS) is 19.2. The third-order valence-corrected chi connectivity index (χ3v) is 3.64. The molecule has 5 heteroatoms. The summed E-state index contributed by atoms with van der Waals surface area (Å²) in [7, 11) is 0. The monoisotopic (exact) mass is 272 g/mol. The van der Waals surface area contributed by atoms with E-state index in [2.05, 4.69) is 4.98 Å². The van der Waals surface area contributed by atoms with Crippen LogP contribution in [0.4, 0.5) is 5.82 Å². The topological polar surface area (TPSA) is 73.7 Å². The first kappa shape index (κ1) is 12.9. The van der Waals surface area contributed by atoms with Crippen LogP contribution in [0.1, 0.15) is 23.3 Å². The average molecular weight is 272 g/mol. The molecule has 0 aliphatic carbocycles. The van der Waals surface area contributed by atoms with E-state index < -0.39 is 5.97 Å². The van der Waals surface area contributed by atoms with Gasteiger partial charge in [-0.3, -0.25) is 0 Å². The maximum Gasteiger partial charge on any atom is 0.354 e. The quantitative estimate of drug-likeness (QED) is 0.873. The van der Waals surface area contributed by atoms with Crippen LogP contribution < -0.4 is 4.90 Å². The number of aliphatic hydroxyl groups is 1. The molecular formula is C15H16N2O3. The van der Waals surface area contributed by atoms with Crippen LogP contribution in [0, 0.1) is 0 Å². The van der Waals surface area contributed by atoms with Crippen molar-refractivity contribution in [2.45, 2.75) is 18.9 Å². The summed E-state index contributed by atoms with van der Waals surface area (Å²) < 4.78 is 0. The number of aliphatic hydroxyl groups excluding tert-OH is 1. The first-order valence-corrected chi connectivity index (χ1v) is 6.71. The Morgan fingerprint density at radius 1 is 1.35 bits per heavy atom. The Morgan fingerprint density at radius 3 is 2.90 bits per heavy atom. The van der Waals surface area contributed by atoms with Gasteiger partial charge in [-0.05, 0) is 24.3 Å². The number of carbonyl (C=O) groups is 1. The molecule has 2 heterocycles. The lowest BCUT2D eigenvalue weighted by molar-refractivity contribution is 0.0691. The zero-order valence-corrected chi connectivity index (χ0v) is 11.0. The number of anilines is 1. The molecule has 0 amide bonds. The summed E-state index contributed by atoms with van der Waals surface area (Å²) in [6.45, 7) is 1.29. The van der Waals surface area contributed by atoms with E-state index in [0.717, 1.165) is 30.2 Å². The van der Waals surface area contributed by atoms with Crippen molar-refractivity contribution < 1.29 is 15.0 Å². The van der Waals surface area contributed by atoms with E-state index >= 15 is 0 Å². The second-order valence-corrected chi connectivity index (χ2v) is 5.10. The number of piperidine rings is 1. The van der Waals surface area contributed by atoms with Crippen molar-refractivity contribution in [2.75, 3.05) is 18.0 Å². The Morgan fingerprint density at radius 2 is 2.15 bits per heavy atom. The van der Waals surface area contributed by atoms with Gasteiger partial charge in [-0.25, -0.2) is 9.78 Å². The van der Waals surface area contributed by atoms with Crippen molar-refractivity contribution in [2.24, 2.45) is 0 Å². The average Bonchev–Trinajstić information content (AvgIpc) is 2.46.